The van der Waals surface area contributed by atoms with Gasteiger partial charge in [-0.1, -0.05) is 80.4 Å². The van der Waals surface area contributed by atoms with E-state index in [9.17, 15) is 18.0 Å². The number of rotatable bonds is 15. The Morgan fingerprint density at radius 2 is 1.56 bits per heavy atom. The van der Waals surface area contributed by atoms with Crippen molar-refractivity contribution in [2.45, 2.75) is 64.4 Å². The van der Waals surface area contributed by atoms with Crippen LogP contribution in [0.2, 0.25) is 0 Å². The van der Waals surface area contributed by atoms with Gasteiger partial charge in [0.05, 0.1) is 17.2 Å². The fourth-order valence-corrected chi connectivity index (χ4v) is 5.94. The molecule has 0 heterocycles. The molecular formula is C32H41N3O5S. The van der Waals surface area contributed by atoms with Crippen molar-refractivity contribution in [3.05, 3.63) is 90.0 Å². The first kappa shape index (κ1) is 31.7. The lowest BCUT2D eigenvalue weighted by Gasteiger charge is -2.33. The van der Waals surface area contributed by atoms with Crippen molar-refractivity contribution in [2.24, 2.45) is 0 Å². The van der Waals surface area contributed by atoms with Gasteiger partial charge in [-0.3, -0.25) is 13.9 Å². The molecule has 3 aromatic carbocycles. The Kier molecular flexibility index (Phi) is 11.8. The molecule has 0 fully saturated rings. The van der Waals surface area contributed by atoms with Gasteiger partial charge in [0.2, 0.25) is 11.8 Å². The molecule has 3 aromatic rings. The Balaban J connectivity index is 2.06. The lowest BCUT2D eigenvalue weighted by atomic mass is 10.1. The molecule has 2 amide bonds. The summed E-state index contributed by atoms with van der Waals surface area (Å²) in [7, 11) is -4.17. The van der Waals surface area contributed by atoms with Gasteiger partial charge in [0.25, 0.3) is 10.0 Å². The van der Waals surface area contributed by atoms with E-state index < -0.39 is 28.5 Å². The van der Waals surface area contributed by atoms with Crippen LogP contribution in [0, 0.1) is 6.92 Å². The van der Waals surface area contributed by atoms with E-state index in [1.165, 1.54) is 17.0 Å². The number of nitrogens with one attached hydrogen (secondary N) is 1. The van der Waals surface area contributed by atoms with Crippen LogP contribution in [0.3, 0.4) is 0 Å². The Labute approximate surface area is 244 Å². The number of aryl methyl sites for hydroxylation is 1. The standard InChI is InChI=1S/C32H41N3O5S/c1-5-8-22-33-32(37)28(6-2)34(23-26-20-18-25(4)19-21-26)31(36)24-35(29-16-12-13-17-30(29)40-7-3)41(38,39)27-14-10-9-11-15-27/h9-21,28H,5-8,22-24H2,1-4H3,(H,33,37)/t28-/m1/s1. The molecule has 1 atom stereocenters. The summed E-state index contributed by atoms with van der Waals surface area (Å²) in [6, 6.07) is 21.7. The number of nitrogens with zero attached hydrogens (tertiary/aromatic N) is 2. The Bertz CT molecular complexity index is 1380. The van der Waals surface area contributed by atoms with Crippen LogP contribution in [0.4, 0.5) is 5.69 Å². The van der Waals surface area contributed by atoms with E-state index in [1.807, 2.05) is 52.0 Å². The van der Waals surface area contributed by atoms with E-state index >= 15 is 0 Å². The number of ether oxygens (including phenoxy) is 1. The van der Waals surface area contributed by atoms with E-state index in [2.05, 4.69) is 5.32 Å². The molecule has 0 spiro atoms. The van der Waals surface area contributed by atoms with Gasteiger partial charge in [-0.05, 0) is 56.5 Å². The zero-order chi connectivity index (χ0) is 29.8. The molecule has 0 saturated heterocycles. The van der Waals surface area contributed by atoms with E-state index in [0.717, 1.165) is 28.3 Å². The van der Waals surface area contributed by atoms with Gasteiger partial charge in [0, 0.05) is 13.1 Å². The topological polar surface area (TPSA) is 96.0 Å². The molecular weight excluding hydrogens is 538 g/mol. The maximum absolute atomic E-state index is 14.2. The number of hydrogen-bond acceptors (Lipinski definition) is 5. The number of sulfonamides is 1. The number of para-hydroxylation sites is 2. The molecule has 9 heteroatoms. The summed E-state index contributed by atoms with van der Waals surface area (Å²) >= 11 is 0. The number of hydrogen-bond donors (Lipinski definition) is 1. The average Bonchev–Trinajstić information content (AvgIpc) is 2.98. The van der Waals surface area contributed by atoms with Crippen LogP contribution in [0.5, 0.6) is 5.75 Å². The van der Waals surface area contributed by atoms with Crippen LogP contribution in [-0.4, -0.2) is 50.9 Å². The molecule has 0 aromatic heterocycles. The van der Waals surface area contributed by atoms with Crippen molar-refractivity contribution in [3.8, 4) is 5.75 Å². The molecule has 0 aliphatic heterocycles. The smallest absolute Gasteiger partial charge is 0.264 e. The highest BCUT2D eigenvalue weighted by Gasteiger charge is 2.34. The van der Waals surface area contributed by atoms with E-state index in [4.69, 9.17) is 4.74 Å². The van der Waals surface area contributed by atoms with Crippen LogP contribution in [-0.2, 0) is 26.2 Å². The predicted molar refractivity (Wildman–Crippen MR) is 162 cm³/mol. The molecule has 0 bridgehead atoms. The van der Waals surface area contributed by atoms with E-state index in [-0.39, 0.29) is 23.0 Å². The molecule has 0 radical (unpaired) electrons. The second kappa shape index (κ2) is 15.2. The minimum atomic E-state index is -4.17. The molecule has 8 nitrogen and oxygen atoms in total. The summed E-state index contributed by atoms with van der Waals surface area (Å²) in [4.78, 5) is 29.0. The van der Waals surface area contributed by atoms with Gasteiger partial charge in [-0.15, -0.1) is 0 Å². The number of amides is 2. The van der Waals surface area contributed by atoms with E-state index in [0.29, 0.717) is 25.3 Å². The van der Waals surface area contributed by atoms with E-state index in [1.54, 1.807) is 42.5 Å². The van der Waals surface area contributed by atoms with Crippen LogP contribution < -0.4 is 14.4 Å². The molecule has 0 aliphatic rings. The number of anilines is 1. The summed E-state index contributed by atoms with van der Waals surface area (Å²) in [5.41, 5.74) is 2.17. The van der Waals surface area contributed by atoms with Gasteiger partial charge in [0.1, 0.15) is 18.3 Å². The highest BCUT2D eigenvalue weighted by atomic mass is 32.2. The Hall–Kier alpha value is -3.85. The van der Waals surface area contributed by atoms with Crippen molar-refractivity contribution >= 4 is 27.5 Å². The predicted octanol–water partition coefficient (Wildman–Crippen LogP) is 5.31. The fraction of sp³-hybridized carbons (Fsp3) is 0.375. The Morgan fingerprint density at radius 3 is 2.20 bits per heavy atom. The van der Waals surface area contributed by atoms with Crippen LogP contribution in [0.15, 0.2) is 83.8 Å². The first-order chi connectivity index (χ1) is 19.7. The summed E-state index contributed by atoms with van der Waals surface area (Å²) in [5.74, 6) is -0.404. The number of unbranched alkanes of at least 4 members (excludes halogenated alkanes) is 1. The molecule has 41 heavy (non-hydrogen) atoms. The number of benzene rings is 3. The SMILES string of the molecule is CCCCNC(=O)[C@@H](CC)N(Cc1ccc(C)cc1)C(=O)CN(c1ccccc1OCC)S(=O)(=O)c1ccccc1. The second-order valence-corrected chi connectivity index (χ2v) is 11.7. The molecule has 1 N–H and O–H groups in total. The van der Waals surface area contributed by atoms with Gasteiger partial charge in [-0.25, -0.2) is 8.42 Å². The average molecular weight is 580 g/mol. The van der Waals surface area contributed by atoms with Crippen molar-refractivity contribution in [1.29, 1.82) is 0 Å². The van der Waals surface area contributed by atoms with Crippen LogP contribution in [0.1, 0.15) is 51.2 Å². The van der Waals surface area contributed by atoms with Crippen molar-refractivity contribution in [1.82, 2.24) is 10.2 Å². The van der Waals surface area contributed by atoms with Crippen LogP contribution in [0.25, 0.3) is 0 Å². The number of carbonyl (C=O) groups is 2. The van der Waals surface area contributed by atoms with Crippen molar-refractivity contribution in [3.63, 3.8) is 0 Å². The Morgan fingerprint density at radius 1 is 0.902 bits per heavy atom. The zero-order valence-electron chi connectivity index (χ0n) is 24.4. The summed E-state index contributed by atoms with van der Waals surface area (Å²) in [6.45, 7) is 8.15. The minimum Gasteiger partial charge on any atom is -0.492 e. The molecule has 3 rings (SSSR count). The fourth-order valence-electron chi connectivity index (χ4n) is 4.49. The zero-order valence-corrected chi connectivity index (χ0v) is 25.2. The quantitative estimate of drug-likeness (QED) is 0.246. The van der Waals surface area contributed by atoms with Crippen LogP contribution >= 0.6 is 0 Å². The maximum Gasteiger partial charge on any atom is 0.264 e. The molecule has 220 valence electrons. The minimum absolute atomic E-state index is 0.0496. The molecule has 0 saturated carbocycles. The lowest BCUT2D eigenvalue weighted by Crippen LogP contribution is -2.52. The highest BCUT2D eigenvalue weighted by molar-refractivity contribution is 7.92. The van der Waals surface area contributed by atoms with Gasteiger partial charge < -0.3 is 15.0 Å². The maximum atomic E-state index is 14.2. The summed E-state index contributed by atoms with van der Waals surface area (Å²) in [6.07, 6.45) is 2.12. The highest BCUT2D eigenvalue weighted by Crippen LogP contribution is 2.33. The molecule has 0 aliphatic carbocycles. The normalized spacial score (nSPS) is 11.9. The first-order valence-corrected chi connectivity index (χ1v) is 15.6. The first-order valence-electron chi connectivity index (χ1n) is 14.1. The second-order valence-electron chi connectivity index (χ2n) is 9.80. The lowest BCUT2D eigenvalue weighted by molar-refractivity contribution is -0.140. The van der Waals surface area contributed by atoms with Gasteiger partial charge in [0.15, 0.2) is 0 Å². The third kappa shape index (κ3) is 8.33. The largest absolute Gasteiger partial charge is 0.492 e. The summed E-state index contributed by atoms with van der Waals surface area (Å²) in [5, 5.41) is 2.95. The molecule has 0 unspecified atom stereocenters. The van der Waals surface area contributed by atoms with Crippen molar-refractivity contribution in [2.75, 3.05) is 24.0 Å². The van der Waals surface area contributed by atoms with Gasteiger partial charge in [-0.2, -0.15) is 0 Å². The summed E-state index contributed by atoms with van der Waals surface area (Å²) < 4.78 is 34.9. The van der Waals surface area contributed by atoms with Gasteiger partial charge >= 0.3 is 0 Å². The number of carbonyl (C=O) groups excluding carboxylic acids is 2. The monoisotopic (exact) mass is 579 g/mol. The third-order valence-corrected chi connectivity index (χ3v) is 8.51. The third-order valence-electron chi connectivity index (χ3n) is 6.73. The van der Waals surface area contributed by atoms with Crippen molar-refractivity contribution < 1.29 is 22.7 Å².